The van der Waals surface area contributed by atoms with Crippen molar-refractivity contribution in [2.24, 2.45) is 17.1 Å². The van der Waals surface area contributed by atoms with Gasteiger partial charge in [0.1, 0.15) is 0 Å². The van der Waals surface area contributed by atoms with E-state index in [1.54, 1.807) is 0 Å². The summed E-state index contributed by atoms with van der Waals surface area (Å²) in [5.74, 6) is 0.672. The number of ether oxygens (including phenoxy) is 1. The molecule has 3 N–H and O–H groups in total. The number of rotatable bonds is 3. The Bertz CT molecular complexity index is 174. The zero-order valence-electron chi connectivity index (χ0n) is 8.04. The van der Waals surface area contributed by atoms with Crippen LogP contribution in [0.2, 0.25) is 0 Å². The molecule has 76 valence electrons. The average molecular weight is 185 g/mol. The van der Waals surface area contributed by atoms with Crippen LogP contribution >= 0.6 is 0 Å². The van der Waals surface area contributed by atoms with Crippen LogP contribution in [0.25, 0.3) is 0 Å². The summed E-state index contributed by atoms with van der Waals surface area (Å²) in [5, 5.41) is 9.45. The first-order chi connectivity index (χ1) is 6.28. The number of nitrogens with two attached hydrogens (primary N) is 1. The van der Waals surface area contributed by atoms with E-state index in [1.807, 2.05) is 0 Å². The van der Waals surface area contributed by atoms with E-state index in [9.17, 15) is 5.11 Å². The molecule has 0 aromatic carbocycles. The standard InChI is InChI=1S/C10H19NO2/c11-9(8-1-2-8)10(7-12)3-5-13-6-4-10/h8-9,12H,1-7,11H2/t9-/m0/s1. The van der Waals surface area contributed by atoms with E-state index in [0.717, 1.165) is 26.1 Å². The van der Waals surface area contributed by atoms with E-state index in [1.165, 1.54) is 12.8 Å². The lowest BCUT2D eigenvalue weighted by Gasteiger charge is -2.40. The van der Waals surface area contributed by atoms with Gasteiger partial charge in [-0.15, -0.1) is 0 Å². The molecule has 1 aliphatic heterocycles. The van der Waals surface area contributed by atoms with E-state index < -0.39 is 0 Å². The minimum Gasteiger partial charge on any atom is -0.396 e. The number of hydrogen-bond acceptors (Lipinski definition) is 3. The maximum atomic E-state index is 9.45. The van der Waals surface area contributed by atoms with Gasteiger partial charge in [0.25, 0.3) is 0 Å². The van der Waals surface area contributed by atoms with Crippen molar-refractivity contribution >= 4 is 0 Å². The van der Waals surface area contributed by atoms with Crippen molar-refractivity contribution in [2.45, 2.75) is 31.7 Å². The predicted molar refractivity (Wildman–Crippen MR) is 50.3 cm³/mol. The third kappa shape index (κ3) is 1.73. The van der Waals surface area contributed by atoms with Crippen molar-refractivity contribution < 1.29 is 9.84 Å². The number of aliphatic hydroxyl groups is 1. The van der Waals surface area contributed by atoms with Crippen molar-refractivity contribution in [1.82, 2.24) is 0 Å². The minimum atomic E-state index is -0.0284. The van der Waals surface area contributed by atoms with Crippen LogP contribution in [0, 0.1) is 11.3 Å². The molecule has 3 heteroatoms. The fraction of sp³-hybridized carbons (Fsp3) is 1.00. The lowest BCUT2D eigenvalue weighted by molar-refractivity contribution is -0.0340. The van der Waals surface area contributed by atoms with Crippen LogP contribution in [0.5, 0.6) is 0 Å². The zero-order valence-corrected chi connectivity index (χ0v) is 8.04. The maximum Gasteiger partial charge on any atom is 0.0504 e. The van der Waals surface area contributed by atoms with Gasteiger partial charge >= 0.3 is 0 Å². The van der Waals surface area contributed by atoms with Gasteiger partial charge in [0.15, 0.2) is 0 Å². The van der Waals surface area contributed by atoms with Crippen molar-refractivity contribution in [3.05, 3.63) is 0 Å². The smallest absolute Gasteiger partial charge is 0.0504 e. The molecule has 2 rings (SSSR count). The minimum absolute atomic E-state index is 0.0284. The second-order valence-corrected chi connectivity index (χ2v) is 4.50. The molecule has 1 atom stereocenters. The fourth-order valence-electron chi connectivity index (χ4n) is 2.33. The normalized spacial score (nSPS) is 30.0. The molecular weight excluding hydrogens is 166 g/mol. The summed E-state index contributed by atoms with van der Waals surface area (Å²) in [7, 11) is 0. The van der Waals surface area contributed by atoms with Crippen molar-refractivity contribution in [2.75, 3.05) is 19.8 Å². The van der Waals surface area contributed by atoms with Crippen LogP contribution in [-0.2, 0) is 4.74 Å². The molecule has 0 aromatic rings. The molecule has 13 heavy (non-hydrogen) atoms. The van der Waals surface area contributed by atoms with Crippen molar-refractivity contribution in [3.63, 3.8) is 0 Å². The second-order valence-electron chi connectivity index (χ2n) is 4.50. The second kappa shape index (κ2) is 3.56. The molecule has 1 heterocycles. The van der Waals surface area contributed by atoms with E-state index >= 15 is 0 Å². The van der Waals surface area contributed by atoms with Crippen LogP contribution < -0.4 is 5.73 Å². The molecule has 1 saturated heterocycles. The molecule has 0 bridgehead atoms. The Labute approximate surface area is 79.3 Å². The van der Waals surface area contributed by atoms with Gasteiger partial charge in [0.05, 0.1) is 6.61 Å². The monoisotopic (exact) mass is 185 g/mol. The van der Waals surface area contributed by atoms with Gasteiger partial charge in [-0.1, -0.05) is 0 Å². The quantitative estimate of drug-likeness (QED) is 0.673. The van der Waals surface area contributed by atoms with Gasteiger partial charge < -0.3 is 15.6 Å². The third-order valence-corrected chi connectivity index (χ3v) is 3.64. The molecule has 2 fully saturated rings. The molecule has 3 nitrogen and oxygen atoms in total. The highest BCUT2D eigenvalue weighted by Gasteiger charge is 2.44. The van der Waals surface area contributed by atoms with Crippen LogP contribution in [0.4, 0.5) is 0 Å². The summed E-state index contributed by atoms with van der Waals surface area (Å²) in [4.78, 5) is 0. The first-order valence-electron chi connectivity index (χ1n) is 5.23. The third-order valence-electron chi connectivity index (χ3n) is 3.64. The molecule has 0 spiro atoms. The van der Waals surface area contributed by atoms with Gasteiger partial charge in [0, 0.05) is 24.7 Å². The summed E-state index contributed by atoms with van der Waals surface area (Å²) >= 11 is 0. The Morgan fingerprint density at radius 2 is 2.00 bits per heavy atom. The van der Waals surface area contributed by atoms with Crippen LogP contribution in [0.1, 0.15) is 25.7 Å². The van der Waals surface area contributed by atoms with Crippen LogP contribution in [-0.4, -0.2) is 31.0 Å². The van der Waals surface area contributed by atoms with Gasteiger partial charge in [-0.2, -0.15) is 0 Å². The Morgan fingerprint density at radius 3 is 2.46 bits per heavy atom. The van der Waals surface area contributed by atoms with E-state index in [-0.39, 0.29) is 18.1 Å². The Hall–Kier alpha value is -0.120. The topological polar surface area (TPSA) is 55.5 Å². The lowest BCUT2D eigenvalue weighted by atomic mass is 9.73. The Kier molecular flexibility index (Phi) is 2.58. The first kappa shape index (κ1) is 9.44. The van der Waals surface area contributed by atoms with Gasteiger partial charge in [0.2, 0.25) is 0 Å². The van der Waals surface area contributed by atoms with Crippen molar-refractivity contribution in [1.29, 1.82) is 0 Å². The maximum absolute atomic E-state index is 9.45. The highest BCUT2D eigenvalue weighted by atomic mass is 16.5. The molecule has 2 aliphatic rings. The average Bonchev–Trinajstić information content (AvgIpc) is 3.01. The Balaban J connectivity index is 2.02. The highest BCUT2D eigenvalue weighted by molar-refractivity contribution is 4.98. The van der Waals surface area contributed by atoms with Crippen molar-refractivity contribution in [3.8, 4) is 0 Å². The SMILES string of the molecule is N[C@@H](C1CC1)C1(CO)CCOCC1. The summed E-state index contributed by atoms with van der Waals surface area (Å²) in [6, 6.07) is 0.196. The molecule has 1 aliphatic carbocycles. The molecule has 0 unspecified atom stereocenters. The molecule has 1 saturated carbocycles. The van der Waals surface area contributed by atoms with E-state index in [4.69, 9.17) is 10.5 Å². The summed E-state index contributed by atoms with van der Waals surface area (Å²) in [6.45, 7) is 1.76. The van der Waals surface area contributed by atoms with Gasteiger partial charge in [-0.3, -0.25) is 0 Å². The highest BCUT2D eigenvalue weighted by Crippen LogP contribution is 2.44. The fourth-order valence-corrected chi connectivity index (χ4v) is 2.33. The predicted octanol–water partition coefficient (Wildman–Crippen LogP) is 0.513. The van der Waals surface area contributed by atoms with Gasteiger partial charge in [-0.05, 0) is 31.6 Å². The zero-order chi connectivity index (χ0) is 9.31. The summed E-state index contributed by atoms with van der Waals surface area (Å²) in [5.41, 5.74) is 6.16. The summed E-state index contributed by atoms with van der Waals surface area (Å²) < 4.78 is 5.31. The molecule has 0 aromatic heterocycles. The molecular formula is C10H19NO2. The Morgan fingerprint density at radius 1 is 1.38 bits per heavy atom. The van der Waals surface area contributed by atoms with Crippen LogP contribution in [0.3, 0.4) is 0 Å². The molecule has 0 radical (unpaired) electrons. The summed E-state index contributed by atoms with van der Waals surface area (Å²) in [6.07, 6.45) is 4.37. The lowest BCUT2D eigenvalue weighted by Crippen LogP contribution is -2.49. The van der Waals surface area contributed by atoms with E-state index in [2.05, 4.69) is 0 Å². The number of aliphatic hydroxyl groups excluding tert-OH is 1. The molecule has 0 amide bonds. The largest absolute Gasteiger partial charge is 0.396 e. The number of hydrogen-bond donors (Lipinski definition) is 2. The van der Waals surface area contributed by atoms with E-state index in [0.29, 0.717) is 5.92 Å². The first-order valence-corrected chi connectivity index (χ1v) is 5.23. The van der Waals surface area contributed by atoms with Gasteiger partial charge in [-0.25, -0.2) is 0 Å². The van der Waals surface area contributed by atoms with Crippen LogP contribution in [0.15, 0.2) is 0 Å².